The number of hydrogen-bond donors (Lipinski definition) is 0. The quantitative estimate of drug-likeness (QED) is 0.211. The summed E-state index contributed by atoms with van der Waals surface area (Å²) in [6.07, 6.45) is 20.6. The molecule has 1 heterocycles. The molecule has 5 heteroatoms. The zero-order chi connectivity index (χ0) is 17.3. The van der Waals surface area contributed by atoms with Crippen molar-refractivity contribution in [2.24, 2.45) is 0 Å². The van der Waals surface area contributed by atoms with Gasteiger partial charge in [0.2, 0.25) is 0 Å². The molecular formula is C19H34N2S3. The summed E-state index contributed by atoms with van der Waals surface area (Å²) in [7, 11) is 3.52. The fraction of sp³-hybridized carbons (Fsp3) is 0.789. The van der Waals surface area contributed by atoms with Gasteiger partial charge in [-0.15, -0.1) is 10.2 Å². The Hall–Kier alpha value is -0.0000000000000000833. The van der Waals surface area contributed by atoms with E-state index in [9.17, 15) is 0 Å². The molecule has 0 unspecified atom stereocenters. The molecule has 0 aliphatic heterocycles. The van der Waals surface area contributed by atoms with E-state index in [2.05, 4.69) is 30.1 Å². The highest BCUT2D eigenvalue weighted by Crippen LogP contribution is 2.37. The predicted molar refractivity (Wildman–Crippen MR) is 113 cm³/mol. The highest BCUT2D eigenvalue weighted by atomic mass is 33.1. The van der Waals surface area contributed by atoms with Crippen LogP contribution >= 0.6 is 32.9 Å². The first-order valence-electron chi connectivity index (χ1n) is 9.60. The van der Waals surface area contributed by atoms with Gasteiger partial charge in [-0.1, -0.05) is 106 Å². The van der Waals surface area contributed by atoms with E-state index < -0.39 is 0 Å². The van der Waals surface area contributed by atoms with Crippen LogP contribution in [0.2, 0.25) is 0 Å². The molecule has 0 aliphatic carbocycles. The molecule has 0 amide bonds. The van der Waals surface area contributed by atoms with Crippen LogP contribution in [-0.4, -0.2) is 10.2 Å². The topological polar surface area (TPSA) is 25.8 Å². The second-order valence-electron chi connectivity index (χ2n) is 6.36. The van der Waals surface area contributed by atoms with E-state index in [0.717, 1.165) is 4.34 Å². The fourth-order valence-electron chi connectivity index (χ4n) is 2.63. The number of rotatable bonds is 16. The Morgan fingerprint density at radius 2 is 1.54 bits per heavy atom. The third-order valence-corrected chi connectivity index (χ3v) is 7.66. The van der Waals surface area contributed by atoms with Crippen molar-refractivity contribution < 1.29 is 0 Å². The van der Waals surface area contributed by atoms with Gasteiger partial charge in [-0.2, -0.15) is 0 Å². The van der Waals surface area contributed by atoms with Crippen LogP contribution in [0, 0.1) is 0 Å². The van der Waals surface area contributed by atoms with E-state index in [1.807, 2.05) is 0 Å². The Kier molecular flexibility index (Phi) is 15.1. The van der Waals surface area contributed by atoms with E-state index in [-0.39, 0.29) is 0 Å². The third-order valence-electron chi connectivity index (χ3n) is 4.07. The summed E-state index contributed by atoms with van der Waals surface area (Å²) in [5, 5.41) is 7.90. The largest absolute Gasteiger partial charge is 0.184 e. The van der Waals surface area contributed by atoms with Crippen LogP contribution in [0.3, 0.4) is 0 Å². The first-order valence-corrected chi connectivity index (χ1v) is 12.6. The van der Waals surface area contributed by atoms with Crippen molar-refractivity contribution in [3.8, 4) is 0 Å². The number of aromatic nitrogens is 2. The first-order chi connectivity index (χ1) is 11.8. The average molecular weight is 387 g/mol. The Morgan fingerprint density at radius 1 is 0.958 bits per heavy atom. The van der Waals surface area contributed by atoms with Crippen LogP contribution in [0.25, 0.3) is 0 Å². The number of hydrogen-bond acceptors (Lipinski definition) is 5. The van der Waals surface area contributed by atoms with Gasteiger partial charge in [0.15, 0.2) is 4.34 Å². The number of nitrogens with zero attached hydrogens (tertiary/aromatic N) is 2. The van der Waals surface area contributed by atoms with Crippen LogP contribution in [0.1, 0.15) is 97.3 Å². The van der Waals surface area contributed by atoms with Crippen LogP contribution in [0.15, 0.2) is 20.8 Å². The second-order valence-corrected chi connectivity index (χ2v) is 9.82. The molecule has 1 aromatic rings. The molecule has 0 bridgehead atoms. The lowest BCUT2D eigenvalue weighted by Crippen LogP contribution is -1.82. The Balaban J connectivity index is 1.82. The summed E-state index contributed by atoms with van der Waals surface area (Å²) in [6.45, 7) is 4.48. The Morgan fingerprint density at radius 3 is 2.08 bits per heavy atom. The maximum atomic E-state index is 4.04. The van der Waals surface area contributed by atoms with Gasteiger partial charge in [0.05, 0.1) is 0 Å². The van der Waals surface area contributed by atoms with Crippen molar-refractivity contribution in [1.82, 2.24) is 10.2 Å². The average Bonchev–Trinajstić information content (AvgIpc) is 3.10. The molecule has 24 heavy (non-hydrogen) atoms. The first kappa shape index (κ1) is 22.0. The Labute approximate surface area is 161 Å². The van der Waals surface area contributed by atoms with Crippen molar-refractivity contribution in [3.05, 3.63) is 16.5 Å². The van der Waals surface area contributed by atoms with Gasteiger partial charge < -0.3 is 0 Å². The molecule has 0 aromatic carbocycles. The molecule has 0 saturated heterocycles. The molecule has 0 spiro atoms. The lowest BCUT2D eigenvalue weighted by Gasteiger charge is -2.02. The number of allylic oxidation sites excluding steroid dienone is 2. The molecule has 138 valence electrons. The number of unbranched alkanes of at least 4 members (excludes halogenated alkanes) is 12. The zero-order valence-corrected chi connectivity index (χ0v) is 17.9. The molecule has 0 saturated carbocycles. The second kappa shape index (κ2) is 16.5. The van der Waals surface area contributed by atoms with Crippen LogP contribution in [-0.2, 0) is 0 Å². The summed E-state index contributed by atoms with van der Waals surface area (Å²) in [6, 6.07) is 0. The minimum absolute atomic E-state index is 1.04. The highest BCUT2D eigenvalue weighted by molar-refractivity contribution is 8.78. The highest BCUT2D eigenvalue weighted by Gasteiger charge is 1.99. The van der Waals surface area contributed by atoms with E-state index in [0.29, 0.717) is 0 Å². The third kappa shape index (κ3) is 13.3. The lowest BCUT2D eigenvalue weighted by molar-refractivity contribution is 0.545. The lowest BCUT2D eigenvalue weighted by atomic mass is 10.0. The van der Waals surface area contributed by atoms with Gasteiger partial charge >= 0.3 is 0 Å². The van der Waals surface area contributed by atoms with Crippen molar-refractivity contribution in [3.63, 3.8) is 0 Å². The van der Waals surface area contributed by atoms with Crippen LogP contribution in [0.4, 0.5) is 0 Å². The van der Waals surface area contributed by atoms with Crippen molar-refractivity contribution in [1.29, 1.82) is 0 Å². The molecule has 1 aromatic heterocycles. The smallest absolute Gasteiger partial charge is 0.146 e. The normalized spacial score (nSPS) is 12.0. The van der Waals surface area contributed by atoms with Gasteiger partial charge in [-0.05, 0) is 35.5 Å². The van der Waals surface area contributed by atoms with Gasteiger partial charge in [0.25, 0.3) is 0 Å². The summed E-state index contributed by atoms with van der Waals surface area (Å²) >= 11 is 1.61. The predicted octanol–water partition coefficient (Wildman–Crippen LogP) is 8.27. The molecule has 0 fully saturated rings. The van der Waals surface area contributed by atoms with Crippen molar-refractivity contribution in [2.45, 2.75) is 102 Å². The van der Waals surface area contributed by atoms with Gasteiger partial charge in [-0.25, -0.2) is 0 Å². The van der Waals surface area contributed by atoms with Gasteiger partial charge in [-0.3, -0.25) is 0 Å². The Bertz CT molecular complexity index is 405. The van der Waals surface area contributed by atoms with Gasteiger partial charge in [0, 0.05) is 0 Å². The van der Waals surface area contributed by atoms with E-state index in [1.165, 1.54) is 88.4 Å². The summed E-state index contributed by atoms with van der Waals surface area (Å²) in [5.41, 5.74) is 1.79. The minimum atomic E-state index is 1.04. The van der Waals surface area contributed by atoms with Crippen LogP contribution in [0.5, 0.6) is 0 Å². The van der Waals surface area contributed by atoms with E-state index in [1.54, 1.807) is 38.4 Å². The summed E-state index contributed by atoms with van der Waals surface area (Å²) < 4.78 is 1.04. The molecule has 0 aliphatic rings. The molecule has 1 rings (SSSR count). The minimum Gasteiger partial charge on any atom is -0.146 e. The molecule has 2 nitrogen and oxygen atoms in total. The van der Waals surface area contributed by atoms with Crippen LogP contribution < -0.4 is 0 Å². The van der Waals surface area contributed by atoms with Crippen molar-refractivity contribution in [2.75, 3.05) is 0 Å². The molecule has 0 atom stereocenters. The maximum absolute atomic E-state index is 4.04. The van der Waals surface area contributed by atoms with Gasteiger partial charge in [0.1, 0.15) is 5.51 Å². The summed E-state index contributed by atoms with van der Waals surface area (Å²) in [4.78, 5) is 1.39. The van der Waals surface area contributed by atoms with E-state index >= 15 is 0 Å². The monoisotopic (exact) mass is 386 g/mol. The molecule has 0 radical (unpaired) electrons. The molecular weight excluding hydrogens is 352 g/mol. The van der Waals surface area contributed by atoms with E-state index in [4.69, 9.17) is 0 Å². The van der Waals surface area contributed by atoms with Crippen molar-refractivity contribution >= 4 is 32.9 Å². The summed E-state index contributed by atoms with van der Waals surface area (Å²) in [5.74, 6) is 0. The maximum Gasteiger partial charge on any atom is 0.184 e. The SMILES string of the molecule is CCCCCCCCCCCCCC/C=C(\C)SSc1nncs1. The zero-order valence-electron chi connectivity index (χ0n) is 15.5. The molecule has 0 N–H and O–H groups in total. The standard InChI is InChI=1S/C19H34N2S3/c1-3-4-5-6-7-8-9-10-11-12-13-14-15-16-18(2)23-24-19-21-20-17-22-19/h16-17H,3-15H2,1-2H3/b18-16+. The fourth-order valence-corrected chi connectivity index (χ4v) is 5.23.